The Morgan fingerprint density at radius 1 is 1.14 bits per heavy atom. The summed E-state index contributed by atoms with van der Waals surface area (Å²) in [6.07, 6.45) is 0.0456. The molecule has 1 aromatic heterocycles. The molecule has 0 saturated heterocycles. The van der Waals surface area contributed by atoms with Gasteiger partial charge >= 0.3 is 0 Å². The molecule has 21 heavy (non-hydrogen) atoms. The molecule has 5 nitrogen and oxygen atoms in total. The number of benzene rings is 1. The molecule has 0 radical (unpaired) electrons. The molecule has 2 rings (SSSR count). The molecule has 0 saturated carbocycles. The summed E-state index contributed by atoms with van der Waals surface area (Å²) >= 11 is 0. The lowest BCUT2D eigenvalue weighted by atomic mass is 10.1. The zero-order valence-electron chi connectivity index (χ0n) is 11.7. The number of furan rings is 1. The molecule has 6 heteroatoms. The maximum atomic E-state index is 12.7. The summed E-state index contributed by atoms with van der Waals surface area (Å²) in [7, 11) is 0. The smallest absolute Gasteiger partial charge is 0.273 e. The Morgan fingerprint density at radius 3 is 2.38 bits per heavy atom. The van der Waals surface area contributed by atoms with Crippen molar-refractivity contribution >= 4 is 11.8 Å². The van der Waals surface area contributed by atoms with Gasteiger partial charge in [-0.2, -0.15) is 0 Å². The van der Waals surface area contributed by atoms with Gasteiger partial charge in [-0.1, -0.05) is 12.1 Å². The highest BCUT2D eigenvalue weighted by Gasteiger charge is 2.14. The molecule has 1 aromatic carbocycles. The first-order chi connectivity index (χ1) is 9.95. The predicted octanol–water partition coefficient (Wildman–Crippen LogP) is 2.04. The van der Waals surface area contributed by atoms with E-state index in [4.69, 9.17) is 4.42 Å². The molecule has 0 bridgehead atoms. The number of hydrogen-bond donors (Lipinski definition) is 2. The van der Waals surface area contributed by atoms with Crippen LogP contribution in [0.3, 0.4) is 0 Å². The van der Waals surface area contributed by atoms with Gasteiger partial charge in [0, 0.05) is 0 Å². The van der Waals surface area contributed by atoms with Crippen LogP contribution < -0.4 is 10.9 Å². The number of nitrogens with one attached hydrogen (secondary N) is 2. The van der Waals surface area contributed by atoms with Crippen molar-refractivity contribution in [1.29, 1.82) is 0 Å². The van der Waals surface area contributed by atoms with Crippen LogP contribution in [0.1, 0.15) is 27.4 Å². The molecule has 0 unspecified atom stereocenters. The molecule has 0 aliphatic heterocycles. The zero-order valence-corrected chi connectivity index (χ0v) is 11.7. The number of halogens is 1. The summed E-state index contributed by atoms with van der Waals surface area (Å²) in [4.78, 5) is 23.5. The van der Waals surface area contributed by atoms with E-state index in [1.165, 1.54) is 24.3 Å². The molecule has 110 valence electrons. The topological polar surface area (TPSA) is 71.3 Å². The highest BCUT2D eigenvalue weighted by molar-refractivity contribution is 5.96. The second-order valence-electron chi connectivity index (χ2n) is 4.63. The first kappa shape index (κ1) is 14.8. The third kappa shape index (κ3) is 3.92. The van der Waals surface area contributed by atoms with Gasteiger partial charge in [-0.25, -0.2) is 4.39 Å². The largest absolute Gasteiger partial charge is 0.466 e. The molecule has 0 fully saturated rings. The molecule has 2 aromatic rings. The highest BCUT2D eigenvalue weighted by atomic mass is 19.1. The van der Waals surface area contributed by atoms with E-state index < -0.39 is 11.8 Å². The first-order valence-electron chi connectivity index (χ1n) is 6.36. The Morgan fingerprint density at radius 2 is 1.81 bits per heavy atom. The van der Waals surface area contributed by atoms with Gasteiger partial charge in [0.15, 0.2) is 0 Å². The van der Waals surface area contributed by atoms with Crippen molar-refractivity contribution in [3.05, 3.63) is 58.8 Å². The standard InChI is InChI=1S/C15H15FN2O3/c1-9-7-13(10(2)21-9)15(20)18-17-14(19)8-11-3-5-12(16)6-4-11/h3-7H,8H2,1-2H3,(H,17,19)(H,18,20). The Labute approximate surface area is 121 Å². The first-order valence-corrected chi connectivity index (χ1v) is 6.36. The summed E-state index contributed by atoms with van der Waals surface area (Å²) in [5.41, 5.74) is 5.64. The number of hydrazine groups is 1. The monoisotopic (exact) mass is 290 g/mol. The maximum absolute atomic E-state index is 12.7. The molecular formula is C15H15FN2O3. The van der Waals surface area contributed by atoms with E-state index in [2.05, 4.69) is 10.9 Å². The van der Waals surface area contributed by atoms with Crippen LogP contribution in [0.25, 0.3) is 0 Å². The van der Waals surface area contributed by atoms with Gasteiger partial charge in [-0.3, -0.25) is 20.4 Å². The van der Waals surface area contributed by atoms with Crippen LogP contribution in [0.2, 0.25) is 0 Å². The molecule has 0 aliphatic rings. The Balaban J connectivity index is 1.88. The molecule has 2 amide bonds. The molecule has 2 N–H and O–H groups in total. The predicted molar refractivity (Wildman–Crippen MR) is 73.9 cm³/mol. The SMILES string of the molecule is Cc1cc(C(=O)NNC(=O)Cc2ccc(F)cc2)c(C)o1. The van der Waals surface area contributed by atoms with Gasteiger partial charge < -0.3 is 4.42 Å². The second kappa shape index (κ2) is 6.21. The summed E-state index contributed by atoms with van der Waals surface area (Å²) in [6, 6.07) is 7.18. The second-order valence-corrected chi connectivity index (χ2v) is 4.63. The lowest BCUT2D eigenvalue weighted by molar-refractivity contribution is -0.121. The Bertz CT molecular complexity index is 662. The van der Waals surface area contributed by atoms with E-state index >= 15 is 0 Å². The van der Waals surface area contributed by atoms with Crippen molar-refractivity contribution in [2.45, 2.75) is 20.3 Å². The van der Waals surface area contributed by atoms with E-state index in [0.717, 1.165) is 0 Å². The van der Waals surface area contributed by atoms with Gasteiger partial charge in [0.1, 0.15) is 17.3 Å². The summed E-state index contributed by atoms with van der Waals surface area (Å²) < 4.78 is 18.0. The van der Waals surface area contributed by atoms with Crippen LogP contribution in [0.15, 0.2) is 34.7 Å². The van der Waals surface area contributed by atoms with Crippen molar-refractivity contribution in [2.75, 3.05) is 0 Å². The van der Waals surface area contributed by atoms with Crippen molar-refractivity contribution in [1.82, 2.24) is 10.9 Å². The van der Waals surface area contributed by atoms with E-state index in [-0.39, 0.29) is 12.2 Å². The average molecular weight is 290 g/mol. The van der Waals surface area contributed by atoms with E-state index in [9.17, 15) is 14.0 Å². The lowest BCUT2D eigenvalue weighted by Crippen LogP contribution is -2.42. The molecule has 0 aliphatic carbocycles. The van der Waals surface area contributed by atoms with Gasteiger partial charge in [-0.15, -0.1) is 0 Å². The lowest BCUT2D eigenvalue weighted by Gasteiger charge is -2.06. The number of rotatable bonds is 3. The summed E-state index contributed by atoms with van der Waals surface area (Å²) in [5.74, 6) is -0.101. The Hall–Kier alpha value is -2.63. The van der Waals surface area contributed by atoms with Crippen LogP contribution in [0.5, 0.6) is 0 Å². The molecular weight excluding hydrogens is 275 g/mol. The van der Waals surface area contributed by atoms with Gasteiger partial charge in [0.25, 0.3) is 5.91 Å². The number of aryl methyl sites for hydroxylation is 2. The number of carbonyl (C=O) groups is 2. The van der Waals surface area contributed by atoms with E-state index in [0.29, 0.717) is 22.6 Å². The van der Waals surface area contributed by atoms with E-state index in [1.807, 2.05) is 0 Å². The normalized spacial score (nSPS) is 10.2. The average Bonchev–Trinajstić information content (AvgIpc) is 2.78. The Kier molecular flexibility index (Phi) is 4.37. The fourth-order valence-electron chi connectivity index (χ4n) is 1.88. The summed E-state index contributed by atoms with van der Waals surface area (Å²) in [5, 5.41) is 0. The van der Waals surface area contributed by atoms with Crippen LogP contribution in [-0.2, 0) is 11.2 Å². The van der Waals surface area contributed by atoms with Crippen molar-refractivity contribution in [2.24, 2.45) is 0 Å². The molecule has 1 heterocycles. The number of hydrogen-bond acceptors (Lipinski definition) is 3. The number of amides is 2. The van der Waals surface area contributed by atoms with E-state index in [1.54, 1.807) is 19.9 Å². The van der Waals surface area contributed by atoms with Crippen molar-refractivity contribution in [3.8, 4) is 0 Å². The molecule has 0 spiro atoms. The maximum Gasteiger partial charge on any atom is 0.273 e. The van der Waals surface area contributed by atoms with Crippen molar-refractivity contribution < 1.29 is 18.4 Å². The minimum Gasteiger partial charge on any atom is -0.466 e. The van der Waals surface area contributed by atoms with Gasteiger partial charge in [0.05, 0.1) is 12.0 Å². The van der Waals surface area contributed by atoms with Gasteiger partial charge in [-0.05, 0) is 37.6 Å². The third-order valence-corrected chi connectivity index (χ3v) is 2.88. The van der Waals surface area contributed by atoms with Crippen LogP contribution in [0.4, 0.5) is 4.39 Å². The van der Waals surface area contributed by atoms with Gasteiger partial charge in [0.2, 0.25) is 5.91 Å². The minimum atomic E-state index is -0.447. The summed E-state index contributed by atoms with van der Waals surface area (Å²) in [6.45, 7) is 3.40. The van der Waals surface area contributed by atoms with Crippen LogP contribution in [-0.4, -0.2) is 11.8 Å². The zero-order chi connectivity index (χ0) is 15.4. The van der Waals surface area contributed by atoms with Crippen molar-refractivity contribution in [3.63, 3.8) is 0 Å². The number of carbonyl (C=O) groups excluding carboxylic acids is 2. The van der Waals surface area contributed by atoms with Crippen LogP contribution in [0, 0.1) is 19.7 Å². The minimum absolute atomic E-state index is 0.0456. The van der Waals surface area contributed by atoms with Crippen LogP contribution >= 0.6 is 0 Å². The fraction of sp³-hybridized carbons (Fsp3) is 0.200. The third-order valence-electron chi connectivity index (χ3n) is 2.88. The molecule has 0 atom stereocenters. The fourth-order valence-corrected chi connectivity index (χ4v) is 1.88. The highest BCUT2D eigenvalue weighted by Crippen LogP contribution is 2.12. The quantitative estimate of drug-likeness (QED) is 0.850.